The van der Waals surface area contributed by atoms with E-state index in [0.29, 0.717) is 52.8 Å². The highest BCUT2D eigenvalue weighted by molar-refractivity contribution is 5.99. The minimum Gasteiger partial charge on any atom is -0.481 e. The van der Waals surface area contributed by atoms with Crippen LogP contribution in [0.3, 0.4) is 0 Å². The number of methoxy groups -OCH3 is 1. The summed E-state index contributed by atoms with van der Waals surface area (Å²) in [4.78, 5) is 24.6. The number of carbonyl (C=O) groups excluding carboxylic acids is 1. The van der Waals surface area contributed by atoms with Gasteiger partial charge in [-0.3, -0.25) is 4.79 Å². The summed E-state index contributed by atoms with van der Waals surface area (Å²) in [6.45, 7) is 3.53. The maximum Gasteiger partial charge on any atom is 0.254 e. The third-order valence-electron chi connectivity index (χ3n) is 7.86. The predicted molar refractivity (Wildman–Crippen MR) is 130 cm³/mol. The Hall–Kier alpha value is -3.46. The summed E-state index contributed by atoms with van der Waals surface area (Å²) in [5.74, 6) is 1.24. The van der Waals surface area contributed by atoms with Crippen molar-refractivity contribution >= 4 is 28.0 Å². The van der Waals surface area contributed by atoms with Crippen LogP contribution in [0.4, 0.5) is 4.39 Å². The van der Waals surface area contributed by atoms with E-state index in [1.54, 1.807) is 17.7 Å². The molecule has 180 valence electrons. The number of nitrogens with zero attached hydrogens (tertiary/aromatic N) is 5. The summed E-state index contributed by atoms with van der Waals surface area (Å²) in [5.41, 5.74) is 2.94. The Morgan fingerprint density at radius 1 is 1.23 bits per heavy atom. The molecule has 1 aliphatic carbocycles. The lowest BCUT2D eigenvalue weighted by Gasteiger charge is -2.24. The number of benzene rings is 1. The van der Waals surface area contributed by atoms with Crippen LogP contribution in [-0.4, -0.2) is 61.7 Å². The molecule has 0 radical (unpaired) electrons. The maximum absolute atomic E-state index is 15.4. The van der Waals surface area contributed by atoms with Crippen molar-refractivity contribution < 1.29 is 13.9 Å². The van der Waals surface area contributed by atoms with E-state index in [4.69, 9.17) is 14.7 Å². The van der Waals surface area contributed by atoms with Gasteiger partial charge in [-0.15, -0.1) is 0 Å². The van der Waals surface area contributed by atoms with Crippen molar-refractivity contribution in [2.75, 3.05) is 13.7 Å². The third-order valence-corrected chi connectivity index (χ3v) is 7.86. The number of hydrogen-bond acceptors (Lipinski definition) is 5. The second-order valence-electron chi connectivity index (χ2n) is 10.2. The zero-order valence-corrected chi connectivity index (χ0v) is 20.0. The SMILES string of the molecule is COc1ccc2cc(-c3nc4cc(C(=O)N5CC6NC6C5C)cc(F)c4n3C)n(CC3CC3)c2n1. The van der Waals surface area contributed by atoms with Crippen LogP contribution >= 0.6 is 0 Å². The van der Waals surface area contributed by atoms with E-state index in [9.17, 15) is 4.79 Å². The van der Waals surface area contributed by atoms with Crippen LogP contribution in [0.15, 0.2) is 30.3 Å². The molecule has 3 fully saturated rings. The highest BCUT2D eigenvalue weighted by Gasteiger charge is 2.51. The van der Waals surface area contributed by atoms with Crippen molar-refractivity contribution in [3.8, 4) is 17.4 Å². The molecular formula is C26H27FN6O2. The number of nitrogens with one attached hydrogen (secondary N) is 1. The number of halogens is 1. The summed E-state index contributed by atoms with van der Waals surface area (Å²) in [7, 11) is 3.43. The molecule has 3 unspecified atom stereocenters. The Bertz CT molecular complexity index is 1520. The van der Waals surface area contributed by atoms with Crippen molar-refractivity contribution in [3.63, 3.8) is 0 Å². The molecule has 1 N–H and O–H groups in total. The maximum atomic E-state index is 15.4. The van der Waals surface area contributed by atoms with Gasteiger partial charge in [-0.25, -0.2) is 9.37 Å². The topological polar surface area (TPSA) is 87.1 Å². The second-order valence-corrected chi connectivity index (χ2v) is 10.2. The van der Waals surface area contributed by atoms with E-state index >= 15 is 4.39 Å². The van der Waals surface area contributed by atoms with E-state index < -0.39 is 5.82 Å². The summed E-state index contributed by atoms with van der Waals surface area (Å²) in [6, 6.07) is 9.80. The molecule has 4 aromatic rings. The molecule has 2 saturated heterocycles. The van der Waals surface area contributed by atoms with Crippen LogP contribution in [0.2, 0.25) is 0 Å². The predicted octanol–water partition coefficient (Wildman–Crippen LogP) is 3.33. The molecule has 35 heavy (non-hydrogen) atoms. The number of carbonyl (C=O) groups is 1. The van der Waals surface area contributed by atoms with Crippen molar-refractivity contribution in [1.82, 2.24) is 29.3 Å². The average Bonchev–Trinajstić information content (AvgIpc) is 3.74. The molecule has 1 aromatic carbocycles. The van der Waals surface area contributed by atoms with Gasteiger partial charge in [0.1, 0.15) is 17.0 Å². The molecule has 5 heterocycles. The average molecular weight is 475 g/mol. The Morgan fingerprint density at radius 2 is 2.06 bits per heavy atom. The van der Waals surface area contributed by atoms with Crippen LogP contribution in [0.1, 0.15) is 30.1 Å². The number of amides is 1. The zero-order valence-electron chi connectivity index (χ0n) is 20.0. The van der Waals surface area contributed by atoms with Crippen molar-refractivity contribution in [2.24, 2.45) is 13.0 Å². The van der Waals surface area contributed by atoms with Gasteiger partial charge in [-0.1, -0.05) is 0 Å². The van der Waals surface area contributed by atoms with Crippen LogP contribution in [-0.2, 0) is 13.6 Å². The van der Waals surface area contributed by atoms with Gasteiger partial charge < -0.3 is 24.1 Å². The van der Waals surface area contributed by atoms with Crippen molar-refractivity contribution in [1.29, 1.82) is 0 Å². The lowest BCUT2D eigenvalue weighted by Crippen LogP contribution is -2.40. The smallest absolute Gasteiger partial charge is 0.254 e. The van der Waals surface area contributed by atoms with Gasteiger partial charge in [-0.05, 0) is 49.9 Å². The first kappa shape index (κ1) is 20.9. The first-order valence-electron chi connectivity index (χ1n) is 12.2. The molecule has 1 saturated carbocycles. The van der Waals surface area contributed by atoms with Gasteiger partial charge in [0, 0.05) is 55.3 Å². The number of imidazole rings is 1. The Kier molecular flexibility index (Phi) is 4.34. The number of pyridine rings is 1. The van der Waals surface area contributed by atoms with E-state index in [1.165, 1.54) is 18.9 Å². The van der Waals surface area contributed by atoms with Gasteiger partial charge in [0.25, 0.3) is 5.91 Å². The van der Waals surface area contributed by atoms with E-state index in [2.05, 4.69) is 16.0 Å². The number of ether oxygens (including phenoxy) is 1. The fourth-order valence-electron chi connectivity index (χ4n) is 5.64. The molecular weight excluding hydrogens is 447 g/mol. The van der Waals surface area contributed by atoms with Gasteiger partial charge in [0.15, 0.2) is 5.82 Å². The molecule has 1 amide bonds. The van der Waals surface area contributed by atoms with Gasteiger partial charge in [0.05, 0.1) is 18.3 Å². The fraction of sp³-hybridized carbons (Fsp3) is 0.423. The molecule has 9 heteroatoms. The summed E-state index contributed by atoms with van der Waals surface area (Å²) in [5, 5.41) is 4.35. The number of piperazine rings is 1. The quantitative estimate of drug-likeness (QED) is 0.449. The van der Waals surface area contributed by atoms with Gasteiger partial charge in [-0.2, -0.15) is 4.98 Å². The fourth-order valence-corrected chi connectivity index (χ4v) is 5.64. The highest BCUT2D eigenvalue weighted by atomic mass is 19.1. The zero-order chi connectivity index (χ0) is 24.0. The molecule has 2 aliphatic heterocycles. The standard InChI is InChI=1S/C26H27FN6O2/c1-13-22-19(28-22)12-32(13)26(34)16-8-17(27)23-18(9-16)29-25(31(23)2)20-10-15-6-7-21(35-3)30-24(15)33(20)11-14-4-5-14/h6-10,13-14,19,22,28H,4-5,11-12H2,1-3H3. The van der Waals surface area contributed by atoms with Crippen molar-refractivity contribution in [3.05, 3.63) is 41.7 Å². The molecule has 3 aromatic heterocycles. The molecule has 0 spiro atoms. The number of aromatic nitrogens is 4. The van der Waals surface area contributed by atoms with Crippen LogP contribution in [0.25, 0.3) is 33.6 Å². The lowest BCUT2D eigenvalue weighted by molar-refractivity contribution is 0.0727. The second kappa shape index (κ2) is 7.27. The van der Waals surface area contributed by atoms with Crippen molar-refractivity contribution in [2.45, 2.75) is 44.4 Å². The normalized spacial score (nSPS) is 23.3. The van der Waals surface area contributed by atoms with Crippen LogP contribution < -0.4 is 10.1 Å². The van der Waals surface area contributed by atoms with Gasteiger partial charge >= 0.3 is 0 Å². The summed E-state index contributed by atoms with van der Waals surface area (Å²) >= 11 is 0. The summed E-state index contributed by atoms with van der Waals surface area (Å²) < 4.78 is 24.7. The summed E-state index contributed by atoms with van der Waals surface area (Å²) in [6.07, 6.45) is 2.38. The molecule has 8 nitrogen and oxygen atoms in total. The molecule has 0 bridgehead atoms. The third kappa shape index (κ3) is 3.17. The number of hydrogen-bond donors (Lipinski definition) is 1. The number of aryl methyl sites for hydroxylation is 1. The Morgan fingerprint density at radius 3 is 2.77 bits per heavy atom. The largest absolute Gasteiger partial charge is 0.481 e. The molecule has 7 rings (SSSR count). The Labute approximate surface area is 201 Å². The van der Waals surface area contributed by atoms with E-state index in [0.717, 1.165) is 23.3 Å². The van der Waals surface area contributed by atoms with E-state index in [-0.39, 0.29) is 11.9 Å². The molecule has 3 aliphatic rings. The minimum absolute atomic E-state index is 0.105. The lowest BCUT2D eigenvalue weighted by atomic mass is 10.1. The first-order valence-corrected chi connectivity index (χ1v) is 12.2. The first-order chi connectivity index (χ1) is 16.9. The highest BCUT2D eigenvalue weighted by Crippen LogP contribution is 2.37. The Balaban J connectivity index is 1.34. The number of fused-ring (bicyclic) bond motifs is 3. The molecule has 3 atom stereocenters. The minimum atomic E-state index is -0.438. The number of rotatable bonds is 5. The van der Waals surface area contributed by atoms with Crippen LogP contribution in [0.5, 0.6) is 5.88 Å². The van der Waals surface area contributed by atoms with Gasteiger partial charge in [0.2, 0.25) is 5.88 Å². The number of likely N-dealkylation sites (tertiary alicyclic amines) is 1. The van der Waals surface area contributed by atoms with E-state index in [1.807, 2.05) is 31.0 Å². The monoisotopic (exact) mass is 474 g/mol. The van der Waals surface area contributed by atoms with Crippen LogP contribution in [0, 0.1) is 11.7 Å².